The Morgan fingerprint density at radius 2 is 2.40 bits per heavy atom. The molecule has 0 saturated carbocycles. The Labute approximate surface area is 86.6 Å². The van der Waals surface area contributed by atoms with Gasteiger partial charge in [0.05, 0.1) is 6.61 Å². The molecule has 0 aromatic rings. The monoisotopic (exact) mass is 212 g/mol. The summed E-state index contributed by atoms with van der Waals surface area (Å²) in [6.07, 6.45) is 0.602. The van der Waals surface area contributed by atoms with Crippen LogP contribution in [0.4, 0.5) is 0 Å². The van der Waals surface area contributed by atoms with Crippen LogP contribution in [-0.4, -0.2) is 36.8 Å². The van der Waals surface area contributed by atoms with Crippen LogP contribution >= 0.6 is 0 Å². The molecule has 0 aromatic heterocycles. The highest BCUT2D eigenvalue weighted by molar-refractivity contribution is 5.93. The summed E-state index contributed by atoms with van der Waals surface area (Å²) < 4.78 is 5.08. The van der Waals surface area contributed by atoms with Gasteiger partial charge in [0.15, 0.2) is 12.1 Å². The lowest BCUT2D eigenvalue weighted by atomic mass is 10.3. The number of nitrogens with two attached hydrogens (primary N) is 1. The number of hydrogen-bond donors (Lipinski definition) is 2. The standard InChI is InChI=1S/C8H12N4O3/c1-3-15-5-6(10-4-13)11-8(9)12(2)7(5)14/h8,11H,3,9H2,1-2H3. The third-order valence-corrected chi connectivity index (χ3v) is 1.88. The molecule has 0 fully saturated rings. The molecule has 1 heterocycles. The maximum Gasteiger partial charge on any atom is 0.295 e. The number of carbonyl (C=O) groups excluding carboxylic acids is 2. The number of likely N-dealkylation sites (N-methyl/N-ethyl adjacent to an activating group) is 1. The first kappa shape index (κ1) is 11.2. The molecule has 0 aliphatic carbocycles. The second-order valence-electron chi connectivity index (χ2n) is 2.82. The van der Waals surface area contributed by atoms with Crippen molar-refractivity contribution in [1.29, 1.82) is 0 Å². The van der Waals surface area contributed by atoms with Gasteiger partial charge in [0.1, 0.15) is 0 Å². The van der Waals surface area contributed by atoms with E-state index in [1.165, 1.54) is 18.0 Å². The summed E-state index contributed by atoms with van der Waals surface area (Å²) in [5.74, 6) is -0.426. The lowest BCUT2D eigenvalue weighted by Gasteiger charge is -2.31. The molecule has 1 aliphatic heterocycles. The molecule has 15 heavy (non-hydrogen) atoms. The van der Waals surface area contributed by atoms with Crippen LogP contribution in [0.5, 0.6) is 0 Å². The summed E-state index contributed by atoms with van der Waals surface area (Å²) in [5, 5.41) is 2.64. The number of nitrogens with zero attached hydrogens (tertiary/aromatic N) is 2. The maximum atomic E-state index is 11.6. The molecule has 1 rings (SSSR count). The van der Waals surface area contributed by atoms with Crippen molar-refractivity contribution in [3.05, 3.63) is 11.6 Å². The van der Waals surface area contributed by atoms with E-state index in [2.05, 4.69) is 10.3 Å². The van der Waals surface area contributed by atoms with Gasteiger partial charge in [0.25, 0.3) is 5.91 Å². The van der Waals surface area contributed by atoms with Crippen LogP contribution in [0.25, 0.3) is 0 Å². The molecule has 1 aliphatic rings. The van der Waals surface area contributed by atoms with E-state index in [0.29, 0.717) is 6.61 Å². The molecule has 0 radical (unpaired) electrons. The van der Waals surface area contributed by atoms with Crippen molar-refractivity contribution in [1.82, 2.24) is 10.2 Å². The van der Waals surface area contributed by atoms with Gasteiger partial charge in [-0.15, -0.1) is 4.99 Å². The Kier molecular flexibility index (Phi) is 3.43. The number of hydrogen-bond acceptors (Lipinski definition) is 6. The first-order valence-electron chi connectivity index (χ1n) is 4.36. The fraction of sp³-hybridized carbons (Fsp3) is 0.500. The van der Waals surface area contributed by atoms with E-state index in [1.54, 1.807) is 6.92 Å². The van der Waals surface area contributed by atoms with Gasteiger partial charge in [-0.05, 0) is 6.92 Å². The Morgan fingerprint density at radius 1 is 1.73 bits per heavy atom. The topological polar surface area (TPSA) is 97.0 Å². The number of carbonyl (C=O) groups is 1. The Morgan fingerprint density at radius 3 is 2.93 bits per heavy atom. The molecule has 0 bridgehead atoms. The molecule has 7 heteroatoms. The summed E-state index contributed by atoms with van der Waals surface area (Å²) in [6, 6.07) is 0. The molecule has 1 atom stereocenters. The predicted octanol–water partition coefficient (Wildman–Crippen LogP) is -1.17. The summed E-state index contributed by atoms with van der Waals surface area (Å²) in [6.45, 7) is 2.01. The zero-order valence-electron chi connectivity index (χ0n) is 8.48. The zero-order chi connectivity index (χ0) is 11.4. The van der Waals surface area contributed by atoms with Gasteiger partial charge in [0, 0.05) is 7.05 Å². The fourth-order valence-corrected chi connectivity index (χ4v) is 1.09. The first-order valence-corrected chi connectivity index (χ1v) is 4.36. The van der Waals surface area contributed by atoms with Crippen molar-refractivity contribution in [2.75, 3.05) is 13.7 Å². The molecular formula is C8H12N4O3. The lowest BCUT2D eigenvalue weighted by molar-refractivity contribution is -0.133. The fourth-order valence-electron chi connectivity index (χ4n) is 1.09. The Balaban J connectivity index is 3.10. The number of aliphatic imine (C=N–C) groups is 1. The molecule has 1 amide bonds. The second kappa shape index (κ2) is 4.59. The van der Waals surface area contributed by atoms with Crippen molar-refractivity contribution in [3.8, 4) is 0 Å². The Bertz CT molecular complexity index is 346. The first-order chi connectivity index (χ1) is 7.11. The van der Waals surface area contributed by atoms with Crippen LogP contribution in [0.3, 0.4) is 0 Å². The summed E-state index contributed by atoms with van der Waals surface area (Å²) in [7, 11) is 1.51. The van der Waals surface area contributed by atoms with Gasteiger partial charge >= 0.3 is 0 Å². The summed E-state index contributed by atoms with van der Waals surface area (Å²) in [4.78, 5) is 26.3. The van der Waals surface area contributed by atoms with Crippen LogP contribution in [-0.2, 0) is 14.3 Å². The third kappa shape index (κ3) is 2.15. The highest BCUT2D eigenvalue weighted by atomic mass is 16.5. The van der Waals surface area contributed by atoms with Crippen LogP contribution < -0.4 is 11.1 Å². The van der Waals surface area contributed by atoms with Crippen LogP contribution in [0.1, 0.15) is 6.92 Å². The number of amides is 1. The van der Waals surface area contributed by atoms with Gasteiger partial charge in [-0.1, -0.05) is 0 Å². The van der Waals surface area contributed by atoms with E-state index in [1.807, 2.05) is 0 Å². The molecule has 1 unspecified atom stereocenters. The van der Waals surface area contributed by atoms with E-state index >= 15 is 0 Å². The van der Waals surface area contributed by atoms with Crippen LogP contribution in [0.2, 0.25) is 0 Å². The average molecular weight is 212 g/mol. The molecule has 0 saturated heterocycles. The Hall–Kier alpha value is -1.85. The minimum Gasteiger partial charge on any atom is -0.485 e. The third-order valence-electron chi connectivity index (χ3n) is 1.88. The van der Waals surface area contributed by atoms with Crippen molar-refractivity contribution < 1.29 is 14.3 Å². The van der Waals surface area contributed by atoms with Crippen molar-refractivity contribution >= 4 is 12.0 Å². The van der Waals surface area contributed by atoms with Gasteiger partial charge in [-0.25, -0.2) is 4.79 Å². The normalized spacial score (nSPS) is 20.9. The smallest absolute Gasteiger partial charge is 0.295 e. The number of rotatable bonds is 3. The summed E-state index contributed by atoms with van der Waals surface area (Å²) in [5.41, 5.74) is 5.56. The van der Waals surface area contributed by atoms with E-state index in [4.69, 9.17) is 10.5 Å². The van der Waals surface area contributed by atoms with Crippen molar-refractivity contribution in [2.24, 2.45) is 10.7 Å². The minimum absolute atomic E-state index is 0.0162. The summed E-state index contributed by atoms with van der Waals surface area (Å²) >= 11 is 0. The van der Waals surface area contributed by atoms with Gasteiger partial charge in [-0.2, -0.15) is 0 Å². The molecule has 7 nitrogen and oxygen atoms in total. The number of nitrogens with one attached hydrogen (secondary N) is 1. The van der Waals surface area contributed by atoms with E-state index in [9.17, 15) is 9.59 Å². The molecule has 82 valence electrons. The molecule has 0 aromatic carbocycles. The average Bonchev–Trinajstić information content (AvgIpc) is 2.21. The van der Waals surface area contributed by atoms with E-state index in [0.717, 1.165) is 0 Å². The number of ether oxygens (including phenoxy) is 1. The SMILES string of the molecule is CCOC1=C(N=C=O)NC(N)N(C)C1=O. The van der Waals surface area contributed by atoms with Crippen molar-refractivity contribution in [2.45, 2.75) is 13.2 Å². The zero-order valence-corrected chi connectivity index (χ0v) is 8.48. The lowest BCUT2D eigenvalue weighted by Crippen LogP contribution is -2.56. The van der Waals surface area contributed by atoms with Gasteiger partial charge in [-0.3, -0.25) is 10.5 Å². The number of isocyanates is 1. The van der Waals surface area contributed by atoms with Gasteiger partial charge in [0.2, 0.25) is 11.8 Å². The molecular weight excluding hydrogens is 200 g/mol. The van der Waals surface area contributed by atoms with Crippen molar-refractivity contribution in [3.63, 3.8) is 0 Å². The van der Waals surface area contributed by atoms with Crippen LogP contribution in [0, 0.1) is 0 Å². The van der Waals surface area contributed by atoms with E-state index < -0.39 is 12.2 Å². The van der Waals surface area contributed by atoms with E-state index in [-0.39, 0.29) is 11.6 Å². The largest absolute Gasteiger partial charge is 0.485 e. The highest BCUT2D eigenvalue weighted by Gasteiger charge is 2.30. The highest BCUT2D eigenvalue weighted by Crippen LogP contribution is 2.14. The molecule has 0 spiro atoms. The molecule has 3 N–H and O–H groups in total. The quantitative estimate of drug-likeness (QED) is 0.454. The maximum absolute atomic E-state index is 11.6. The second-order valence-corrected chi connectivity index (χ2v) is 2.82. The van der Waals surface area contributed by atoms with Gasteiger partial charge < -0.3 is 15.0 Å². The van der Waals surface area contributed by atoms with Crippen LogP contribution in [0.15, 0.2) is 16.6 Å². The minimum atomic E-state index is -0.728. The predicted molar refractivity (Wildman–Crippen MR) is 50.7 cm³/mol.